The quantitative estimate of drug-likeness (QED) is 0.591. The first-order chi connectivity index (χ1) is 15.5. The number of carbonyl (C=O) groups excluding carboxylic acids is 3. The zero-order valence-electron chi connectivity index (χ0n) is 17.4. The highest BCUT2D eigenvalue weighted by Crippen LogP contribution is 2.32. The number of hydrogen-bond donors (Lipinski definition) is 2. The molecule has 0 radical (unpaired) electrons. The van der Waals surface area contributed by atoms with Gasteiger partial charge < -0.3 is 10.6 Å². The van der Waals surface area contributed by atoms with Gasteiger partial charge in [0.2, 0.25) is 11.8 Å². The number of hydrogen-bond acceptors (Lipinski definition) is 5. The highest BCUT2D eigenvalue weighted by Gasteiger charge is 2.57. The van der Waals surface area contributed by atoms with Crippen LogP contribution in [-0.4, -0.2) is 41.1 Å². The molecule has 2 N–H and O–H groups in total. The molecule has 7 heteroatoms. The minimum absolute atomic E-state index is 0.328. The van der Waals surface area contributed by atoms with Crippen LogP contribution >= 0.6 is 11.3 Å². The fourth-order valence-corrected chi connectivity index (χ4v) is 5.23. The zero-order valence-corrected chi connectivity index (χ0v) is 18.2. The monoisotopic (exact) mass is 445 g/mol. The largest absolute Gasteiger partial charge is 0.341 e. The van der Waals surface area contributed by atoms with Gasteiger partial charge in [-0.05, 0) is 52.1 Å². The van der Waals surface area contributed by atoms with Crippen LogP contribution in [0.4, 0.5) is 5.69 Å². The van der Waals surface area contributed by atoms with Crippen LogP contribution in [-0.2, 0) is 20.9 Å². The van der Waals surface area contributed by atoms with Crippen LogP contribution in [0.3, 0.4) is 0 Å². The molecule has 2 fully saturated rings. The number of benzene rings is 2. The number of nitrogens with zero attached hydrogens (tertiary/aromatic N) is 1. The summed E-state index contributed by atoms with van der Waals surface area (Å²) in [4.78, 5) is 40.9. The number of carbonyl (C=O) groups is 3. The van der Waals surface area contributed by atoms with Crippen molar-refractivity contribution in [3.05, 3.63) is 77.0 Å². The van der Waals surface area contributed by atoms with E-state index in [0.29, 0.717) is 31.7 Å². The van der Waals surface area contributed by atoms with Crippen LogP contribution in [0.2, 0.25) is 0 Å². The molecule has 0 aliphatic carbocycles. The normalized spacial score (nSPS) is 22.9. The number of nitrogens with one attached hydrogen (secondary N) is 2. The SMILES string of the molecule is O=C(Nc1ccc(-c2ccsc2)cc1)C1C(=O)NC2(CCN(Cc3ccccc3)C2)C1=O. The summed E-state index contributed by atoms with van der Waals surface area (Å²) >= 11 is 1.62. The van der Waals surface area contributed by atoms with Crippen molar-refractivity contribution in [2.24, 2.45) is 5.92 Å². The van der Waals surface area contributed by atoms with Gasteiger partial charge >= 0.3 is 0 Å². The number of thiophene rings is 1. The average Bonchev–Trinajstić information content (AvgIpc) is 3.51. The zero-order chi connectivity index (χ0) is 22.1. The van der Waals surface area contributed by atoms with Crippen molar-refractivity contribution < 1.29 is 14.4 Å². The van der Waals surface area contributed by atoms with Crippen molar-refractivity contribution in [3.63, 3.8) is 0 Å². The second-order valence-corrected chi connectivity index (χ2v) is 9.17. The first-order valence-corrected chi connectivity index (χ1v) is 11.5. The molecule has 0 saturated carbocycles. The number of rotatable bonds is 5. The molecule has 32 heavy (non-hydrogen) atoms. The molecule has 162 valence electrons. The lowest BCUT2D eigenvalue weighted by molar-refractivity contribution is -0.135. The predicted octanol–water partition coefficient (Wildman–Crippen LogP) is 3.31. The molecule has 2 unspecified atom stereocenters. The minimum atomic E-state index is -1.32. The lowest BCUT2D eigenvalue weighted by atomic mass is 9.89. The summed E-state index contributed by atoms with van der Waals surface area (Å²) < 4.78 is 0. The van der Waals surface area contributed by atoms with E-state index in [-0.39, 0.29) is 5.78 Å². The Labute approximate surface area is 190 Å². The number of Topliss-reactive ketones (excluding diaryl/α,β-unsaturated/α-hetero) is 1. The first kappa shape index (κ1) is 20.6. The van der Waals surface area contributed by atoms with Crippen molar-refractivity contribution in [3.8, 4) is 11.1 Å². The third-order valence-electron chi connectivity index (χ3n) is 6.22. The summed E-state index contributed by atoms with van der Waals surface area (Å²) in [6.07, 6.45) is 0.517. The van der Waals surface area contributed by atoms with Crippen molar-refractivity contribution in [1.29, 1.82) is 0 Å². The minimum Gasteiger partial charge on any atom is -0.341 e. The van der Waals surface area contributed by atoms with Gasteiger partial charge in [0.1, 0.15) is 5.54 Å². The summed E-state index contributed by atoms with van der Waals surface area (Å²) in [5.74, 6) is -2.73. The van der Waals surface area contributed by atoms with E-state index >= 15 is 0 Å². The molecule has 0 bridgehead atoms. The molecule has 5 rings (SSSR count). The van der Waals surface area contributed by atoms with E-state index in [0.717, 1.165) is 16.7 Å². The third-order valence-corrected chi connectivity index (χ3v) is 6.91. The van der Waals surface area contributed by atoms with Crippen LogP contribution in [0.5, 0.6) is 0 Å². The third kappa shape index (κ3) is 3.85. The topological polar surface area (TPSA) is 78.5 Å². The lowest BCUT2D eigenvalue weighted by Crippen LogP contribution is -2.49. The van der Waals surface area contributed by atoms with Gasteiger partial charge in [-0.3, -0.25) is 19.3 Å². The Morgan fingerprint density at radius 3 is 2.56 bits per heavy atom. The molecule has 6 nitrogen and oxygen atoms in total. The van der Waals surface area contributed by atoms with Crippen molar-refractivity contribution in [2.45, 2.75) is 18.5 Å². The standard InChI is InChI=1S/C25H23N3O3S/c29-22-21(23(30)26-20-8-6-18(7-9-20)19-10-13-32-15-19)24(31)27-25(22)11-12-28(16-25)14-17-4-2-1-3-5-17/h1-10,13,15,21H,11-12,14,16H2,(H,26,30)(H,27,31). The summed E-state index contributed by atoms with van der Waals surface area (Å²) in [6, 6.07) is 19.4. The van der Waals surface area contributed by atoms with E-state index < -0.39 is 23.3 Å². The second-order valence-electron chi connectivity index (χ2n) is 8.39. The van der Waals surface area contributed by atoms with Crippen LogP contribution in [0.15, 0.2) is 71.4 Å². The molecule has 2 saturated heterocycles. The fourth-order valence-electron chi connectivity index (χ4n) is 4.56. The van der Waals surface area contributed by atoms with Gasteiger partial charge in [0.05, 0.1) is 0 Å². The number of likely N-dealkylation sites (tertiary alicyclic amines) is 1. The maximum Gasteiger partial charge on any atom is 0.244 e. The van der Waals surface area contributed by atoms with Gasteiger partial charge in [0.15, 0.2) is 11.7 Å². The van der Waals surface area contributed by atoms with Gasteiger partial charge in [-0.25, -0.2) is 0 Å². The molecule has 2 aliphatic heterocycles. The number of anilines is 1. The predicted molar refractivity (Wildman–Crippen MR) is 124 cm³/mol. The van der Waals surface area contributed by atoms with E-state index in [4.69, 9.17) is 0 Å². The van der Waals surface area contributed by atoms with Crippen molar-refractivity contribution in [1.82, 2.24) is 10.2 Å². The summed E-state index contributed by atoms with van der Waals surface area (Å²) in [5, 5.41) is 9.65. The molecule has 2 atom stereocenters. The van der Waals surface area contributed by atoms with Gasteiger partial charge in [-0.2, -0.15) is 11.3 Å². The molecule has 2 aromatic carbocycles. The van der Waals surface area contributed by atoms with Crippen LogP contribution in [0.1, 0.15) is 12.0 Å². The van der Waals surface area contributed by atoms with Gasteiger partial charge in [0.25, 0.3) is 0 Å². The Morgan fingerprint density at radius 1 is 1.06 bits per heavy atom. The molecule has 1 spiro atoms. The highest BCUT2D eigenvalue weighted by molar-refractivity contribution is 7.08. The summed E-state index contributed by atoms with van der Waals surface area (Å²) in [6.45, 7) is 1.82. The van der Waals surface area contributed by atoms with E-state index in [1.807, 2.05) is 53.9 Å². The van der Waals surface area contributed by atoms with Gasteiger partial charge in [-0.15, -0.1) is 0 Å². The van der Waals surface area contributed by atoms with Gasteiger partial charge in [-0.1, -0.05) is 42.5 Å². The molecule has 3 heterocycles. The molecular formula is C25H23N3O3S. The van der Waals surface area contributed by atoms with E-state index in [2.05, 4.69) is 20.9 Å². The molecule has 2 amide bonds. The smallest absolute Gasteiger partial charge is 0.244 e. The Balaban J connectivity index is 1.25. The summed E-state index contributed by atoms with van der Waals surface area (Å²) in [5.41, 5.74) is 2.90. The van der Waals surface area contributed by atoms with Crippen molar-refractivity contribution >= 4 is 34.6 Å². The van der Waals surface area contributed by atoms with E-state index in [1.165, 1.54) is 0 Å². The summed E-state index contributed by atoms with van der Waals surface area (Å²) in [7, 11) is 0. The van der Waals surface area contributed by atoms with E-state index in [9.17, 15) is 14.4 Å². The Morgan fingerprint density at radius 2 is 1.84 bits per heavy atom. The van der Waals surface area contributed by atoms with Crippen LogP contribution < -0.4 is 10.6 Å². The van der Waals surface area contributed by atoms with Crippen LogP contribution in [0.25, 0.3) is 11.1 Å². The first-order valence-electron chi connectivity index (χ1n) is 10.6. The Bertz CT molecular complexity index is 1140. The second kappa shape index (κ2) is 8.33. The maximum atomic E-state index is 13.2. The van der Waals surface area contributed by atoms with E-state index in [1.54, 1.807) is 23.5 Å². The Hall–Kier alpha value is -3.29. The highest BCUT2D eigenvalue weighted by atomic mass is 32.1. The van der Waals surface area contributed by atoms with Gasteiger partial charge in [0, 0.05) is 25.3 Å². The van der Waals surface area contributed by atoms with Crippen molar-refractivity contribution in [2.75, 3.05) is 18.4 Å². The average molecular weight is 446 g/mol. The molecule has 3 aromatic rings. The Kier molecular flexibility index (Phi) is 5.36. The molecule has 1 aromatic heterocycles. The van der Waals surface area contributed by atoms with Crippen LogP contribution in [0, 0.1) is 5.92 Å². The number of ketones is 1. The molecular weight excluding hydrogens is 422 g/mol. The fraction of sp³-hybridized carbons (Fsp3) is 0.240. The lowest BCUT2D eigenvalue weighted by Gasteiger charge is -2.22. The molecule has 2 aliphatic rings. The maximum absolute atomic E-state index is 13.2. The number of amides is 2.